The highest BCUT2D eigenvalue weighted by Crippen LogP contribution is 2.18. The molecule has 0 unspecified atom stereocenters. The molecule has 0 radical (unpaired) electrons. The highest BCUT2D eigenvalue weighted by molar-refractivity contribution is 9.10. The van der Waals surface area contributed by atoms with Crippen LogP contribution in [0.25, 0.3) is 0 Å². The molecule has 0 saturated heterocycles. The van der Waals surface area contributed by atoms with Gasteiger partial charge in [-0.05, 0) is 34.1 Å². The van der Waals surface area contributed by atoms with E-state index in [1.54, 1.807) is 0 Å². The lowest BCUT2D eigenvalue weighted by Crippen LogP contribution is -2.32. The average Bonchev–Trinajstić information content (AvgIpc) is 2.44. The van der Waals surface area contributed by atoms with Crippen LogP contribution >= 0.6 is 15.9 Å². The van der Waals surface area contributed by atoms with Crippen molar-refractivity contribution in [1.29, 1.82) is 5.26 Å². The number of nitriles is 1. The van der Waals surface area contributed by atoms with E-state index < -0.39 is 24.3 Å². The lowest BCUT2D eigenvalue weighted by molar-refractivity contribution is -0.133. The van der Waals surface area contributed by atoms with Crippen LogP contribution in [-0.2, 0) is 9.53 Å². The number of likely N-dealkylation sites (N-methyl/N-ethyl adjacent to an activating group) is 1. The summed E-state index contributed by atoms with van der Waals surface area (Å²) in [7, 11) is 1.51. The zero-order valence-electron chi connectivity index (χ0n) is 10.7. The zero-order valence-corrected chi connectivity index (χ0v) is 12.3. The summed E-state index contributed by atoms with van der Waals surface area (Å²) in [5, 5.41) is 8.41. The van der Waals surface area contributed by atoms with Gasteiger partial charge in [0.05, 0.1) is 18.1 Å². The van der Waals surface area contributed by atoms with Gasteiger partial charge in [0, 0.05) is 18.1 Å². The van der Waals surface area contributed by atoms with E-state index in [0.29, 0.717) is 4.47 Å². The van der Waals surface area contributed by atoms with Gasteiger partial charge in [0.15, 0.2) is 6.61 Å². The Hall–Kier alpha value is -1.94. The smallest absolute Gasteiger partial charge is 0.339 e. The van der Waals surface area contributed by atoms with Crippen LogP contribution in [0.4, 0.5) is 4.39 Å². The largest absolute Gasteiger partial charge is 0.452 e. The van der Waals surface area contributed by atoms with Crippen molar-refractivity contribution in [2.24, 2.45) is 0 Å². The first kappa shape index (κ1) is 16.1. The Morgan fingerprint density at radius 3 is 2.85 bits per heavy atom. The first-order valence-electron chi connectivity index (χ1n) is 5.68. The number of halogens is 2. The summed E-state index contributed by atoms with van der Waals surface area (Å²) < 4.78 is 18.2. The van der Waals surface area contributed by atoms with E-state index in [0.717, 1.165) is 6.07 Å². The highest BCUT2D eigenvalue weighted by atomic mass is 79.9. The Balaban J connectivity index is 2.57. The van der Waals surface area contributed by atoms with E-state index in [-0.39, 0.29) is 18.5 Å². The summed E-state index contributed by atoms with van der Waals surface area (Å²) in [6.45, 7) is -0.194. The first-order chi connectivity index (χ1) is 9.45. The van der Waals surface area contributed by atoms with Crippen LogP contribution < -0.4 is 0 Å². The van der Waals surface area contributed by atoms with E-state index in [1.165, 1.54) is 24.1 Å². The second kappa shape index (κ2) is 7.60. The molecule has 0 fully saturated rings. The van der Waals surface area contributed by atoms with Crippen LogP contribution in [0.15, 0.2) is 22.7 Å². The molecule has 1 amide bonds. The topological polar surface area (TPSA) is 70.4 Å². The number of nitrogens with zero attached hydrogens (tertiary/aromatic N) is 2. The van der Waals surface area contributed by atoms with Crippen LogP contribution in [0, 0.1) is 17.1 Å². The lowest BCUT2D eigenvalue weighted by Gasteiger charge is -2.15. The van der Waals surface area contributed by atoms with Gasteiger partial charge in [-0.15, -0.1) is 0 Å². The fraction of sp³-hybridized carbons (Fsp3) is 0.308. The Morgan fingerprint density at radius 1 is 1.50 bits per heavy atom. The molecule has 0 aliphatic rings. The molecule has 0 N–H and O–H groups in total. The second-order valence-electron chi connectivity index (χ2n) is 3.92. The van der Waals surface area contributed by atoms with Crippen molar-refractivity contribution >= 4 is 27.8 Å². The minimum Gasteiger partial charge on any atom is -0.452 e. The number of carbonyl (C=O) groups is 2. The number of carbonyl (C=O) groups excluding carboxylic acids is 2. The number of hydrogen-bond acceptors (Lipinski definition) is 4. The van der Waals surface area contributed by atoms with Gasteiger partial charge in [-0.3, -0.25) is 4.79 Å². The molecule has 0 spiro atoms. The third kappa shape index (κ3) is 4.63. The second-order valence-corrected chi connectivity index (χ2v) is 4.78. The Bertz CT molecular complexity index is 557. The maximum absolute atomic E-state index is 13.0. The summed E-state index contributed by atoms with van der Waals surface area (Å²) in [6.07, 6.45) is 0.200. The van der Waals surface area contributed by atoms with Crippen molar-refractivity contribution in [3.8, 4) is 6.07 Å². The Labute approximate surface area is 124 Å². The standard InChI is InChI=1S/C13H12BrFN2O3/c1-17(6-2-5-16)12(18)8-20-13(19)10-7-9(15)3-4-11(10)14/h3-4,7H,2,6,8H2,1H3. The van der Waals surface area contributed by atoms with Gasteiger partial charge >= 0.3 is 5.97 Å². The maximum Gasteiger partial charge on any atom is 0.339 e. The fourth-order valence-corrected chi connectivity index (χ4v) is 1.72. The first-order valence-corrected chi connectivity index (χ1v) is 6.48. The monoisotopic (exact) mass is 342 g/mol. The third-order valence-corrected chi connectivity index (χ3v) is 3.15. The van der Waals surface area contributed by atoms with Gasteiger partial charge in [0.25, 0.3) is 5.91 Å². The van der Waals surface area contributed by atoms with Gasteiger partial charge in [-0.2, -0.15) is 5.26 Å². The molecule has 7 heteroatoms. The molecule has 1 rings (SSSR count). The van der Waals surface area contributed by atoms with E-state index in [2.05, 4.69) is 15.9 Å². The highest BCUT2D eigenvalue weighted by Gasteiger charge is 2.16. The molecular formula is C13H12BrFN2O3. The Morgan fingerprint density at radius 2 is 2.20 bits per heavy atom. The SMILES string of the molecule is CN(CCC#N)C(=O)COC(=O)c1cc(F)ccc1Br. The van der Waals surface area contributed by atoms with Crippen molar-refractivity contribution < 1.29 is 18.7 Å². The molecule has 0 heterocycles. The number of amides is 1. The molecule has 20 heavy (non-hydrogen) atoms. The maximum atomic E-state index is 13.0. The molecule has 1 aromatic rings. The van der Waals surface area contributed by atoms with E-state index in [1.807, 2.05) is 6.07 Å². The number of hydrogen-bond donors (Lipinski definition) is 0. The summed E-state index contributed by atoms with van der Waals surface area (Å²) in [4.78, 5) is 24.6. The van der Waals surface area contributed by atoms with Gasteiger partial charge in [0.2, 0.25) is 0 Å². The molecule has 0 aromatic heterocycles. The van der Waals surface area contributed by atoms with E-state index in [4.69, 9.17) is 10.00 Å². The van der Waals surface area contributed by atoms with Crippen molar-refractivity contribution in [3.05, 3.63) is 34.1 Å². The van der Waals surface area contributed by atoms with Crippen LogP contribution in [0.5, 0.6) is 0 Å². The van der Waals surface area contributed by atoms with Crippen LogP contribution in [0.3, 0.4) is 0 Å². The molecule has 5 nitrogen and oxygen atoms in total. The molecule has 0 atom stereocenters. The molecule has 106 valence electrons. The lowest BCUT2D eigenvalue weighted by atomic mass is 10.2. The van der Waals surface area contributed by atoms with Crippen LogP contribution in [0.1, 0.15) is 16.8 Å². The third-order valence-electron chi connectivity index (χ3n) is 2.46. The van der Waals surface area contributed by atoms with Crippen molar-refractivity contribution in [2.45, 2.75) is 6.42 Å². The molecule has 0 bridgehead atoms. The zero-order chi connectivity index (χ0) is 15.1. The summed E-state index contributed by atoms with van der Waals surface area (Å²) >= 11 is 3.10. The predicted molar refractivity (Wildman–Crippen MR) is 72.2 cm³/mol. The van der Waals surface area contributed by atoms with Crippen molar-refractivity contribution in [2.75, 3.05) is 20.2 Å². The molecule has 0 saturated carbocycles. The Kier molecular flexibility index (Phi) is 6.12. The fourth-order valence-electron chi connectivity index (χ4n) is 1.31. The minimum atomic E-state index is -0.793. The number of ether oxygens (including phenoxy) is 1. The normalized spacial score (nSPS) is 9.70. The van der Waals surface area contributed by atoms with Crippen molar-refractivity contribution in [3.63, 3.8) is 0 Å². The van der Waals surface area contributed by atoms with Crippen LogP contribution in [-0.4, -0.2) is 37.0 Å². The summed E-state index contributed by atoms with van der Waals surface area (Å²) in [5.74, 6) is -1.79. The number of benzene rings is 1. The number of esters is 1. The molecule has 0 aliphatic carbocycles. The molecular weight excluding hydrogens is 331 g/mol. The van der Waals surface area contributed by atoms with Gasteiger partial charge in [0.1, 0.15) is 5.82 Å². The molecule has 1 aromatic carbocycles. The van der Waals surface area contributed by atoms with Gasteiger partial charge < -0.3 is 9.64 Å². The minimum absolute atomic E-state index is 0.0116. The predicted octanol–water partition coefficient (Wildman–Crippen LogP) is 2.12. The van der Waals surface area contributed by atoms with E-state index >= 15 is 0 Å². The van der Waals surface area contributed by atoms with Crippen molar-refractivity contribution in [1.82, 2.24) is 4.90 Å². The quantitative estimate of drug-likeness (QED) is 0.768. The summed E-state index contributed by atoms with van der Waals surface area (Å²) in [6, 6.07) is 5.51. The molecule has 0 aliphatic heterocycles. The van der Waals surface area contributed by atoms with Gasteiger partial charge in [-0.25, -0.2) is 9.18 Å². The van der Waals surface area contributed by atoms with Gasteiger partial charge in [-0.1, -0.05) is 0 Å². The van der Waals surface area contributed by atoms with Crippen LogP contribution in [0.2, 0.25) is 0 Å². The van der Waals surface area contributed by atoms with E-state index in [9.17, 15) is 14.0 Å². The number of rotatable bonds is 5. The summed E-state index contributed by atoms with van der Waals surface area (Å²) in [5.41, 5.74) is 0.0116. The average molecular weight is 343 g/mol.